The standard InChI is InChI=1S/C24H27ClF2N4O3S.C23H25ClF2N4O2S.C22H24ClFN4O3S.C21H21ClF2N4O2S/c1-14-4-3-5-17(6-14)33-12-16(32)10-31-11-20(29-30-31)19-9-23(8-15(2)28-19)22-18(7-21(25)35-22)24(26,27)13-34-23;1-13-5-3-4-6-15(13)19(31)11-30-10-18(28-29-30)17-9-22(8-14(2)27-17)21-16(7-20(24)33-21)23(25,26)12-32-22;1-13-9-22(21-14(8-20(23)32-21)18(29)12-31-22)10-16(25-13)17-11-28(27-26-17)6-7-30-19-5-3-2-4-15(19)24;1-12-7-20(19-15(6-18(22)31-19)21(23,24)11-30-20)8-16(25-12)17-10-28(27-26-17)9-13-2-4-14(29)5-3-13/h3-7,11,15-16,19,28,32H,8-10,12-13H2,1-2H3;3-7,10,14,17,19,27,31H,8-9,11-12H2,1-2H3;2-5,8,11,13,16,18,25,29H,6-7,9-10,12H2,1H3;2-6,10,12,16,25,29H,7-9,11H2,1H3/t15-,16?,19-,23-;14-,17-,19?,22-;13-,16-,18+,22-;12-,16-,20-/m0000/s1. The van der Waals surface area contributed by atoms with Gasteiger partial charge in [-0.1, -0.05) is 128 Å². The van der Waals surface area contributed by atoms with E-state index in [9.17, 15) is 51.2 Å². The third kappa shape index (κ3) is 20.8. The Balaban J connectivity index is 0.000000122. The highest BCUT2D eigenvalue weighted by Crippen LogP contribution is 2.59. The van der Waals surface area contributed by atoms with E-state index in [2.05, 4.69) is 69.4 Å². The Bertz CT molecular complexity index is 6010. The molecule has 0 amide bonds. The van der Waals surface area contributed by atoms with Crippen molar-refractivity contribution in [1.82, 2.24) is 81.2 Å². The number of phenolic OH excluding ortho intramolecular Hbond substituents is 1. The van der Waals surface area contributed by atoms with Gasteiger partial charge in [-0.15, -0.1) is 65.7 Å². The Morgan fingerprint density at radius 2 is 0.916 bits per heavy atom. The van der Waals surface area contributed by atoms with Crippen LogP contribution in [-0.2, 0) is 85.3 Å². The Labute approximate surface area is 786 Å². The fraction of sp³-hybridized carbons (Fsp3) is 0.467. The minimum Gasteiger partial charge on any atom is -0.508 e. The highest BCUT2D eigenvalue weighted by atomic mass is 35.5. The van der Waals surface area contributed by atoms with Gasteiger partial charge in [0.05, 0.1) is 128 Å². The van der Waals surface area contributed by atoms with Crippen molar-refractivity contribution >= 4 is 91.8 Å². The van der Waals surface area contributed by atoms with Gasteiger partial charge >= 0.3 is 0 Å². The molecule has 8 aliphatic rings. The van der Waals surface area contributed by atoms with Gasteiger partial charge in [0.25, 0.3) is 17.8 Å². The molecule has 15 atom stereocenters. The molecule has 8 aliphatic heterocycles. The van der Waals surface area contributed by atoms with E-state index in [1.165, 1.54) is 58.3 Å². The average Bonchev–Trinajstić information content (AvgIpc) is 1.61. The lowest BCUT2D eigenvalue weighted by molar-refractivity contribution is -0.183. The first kappa shape index (κ1) is 94.6. The number of aryl methyl sites for hydroxylation is 2. The summed E-state index contributed by atoms with van der Waals surface area (Å²) in [6.45, 7) is 12.1. The van der Waals surface area contributed by atoms with Crippen molar-refractivity contribution < 1.29 is 79.6 Å². The van der Waals surface area contributed by atoms with Crippen molar-refractivity contribution in [2.75, 3.05) is 39.6 Å². The van der Waals surface area contributed by atoms with Crippen LogP contribution in [0.2, 0.25) is 17.3 Å². The molecule has 26 nitrogen and oxygen atoms in total. The molecule has 8 aromatic heterocycles. The fourth-order valence-electron chi connectivity index (χ4n) is 19.1. The molecule has 20 rings (SSSR count). The number of alkyl halides is 6. The predicted molar refractivity (Wildman–Crippen MR) is 481 cm³/mol. The Hall–Kier alpha value is -8.13. The number of fused-ring (bicyclic) bond motifs is 8. The van der Waals surface area contributed by atoms with Crippen molar-refractivity contribution in [2.24, 2.45) is 0 Å². The van der Waals surface area contributed by atoms with Crippen LogP contribution < -0.4 is 30.7 Å². The van der Waals surface area contributed by atoms with Gasteiger partial charge in [0, 0.05) is 91.6 Å². The van der Waals surface area contributed by atoms with E-state index in [4.69, 9.17) is 74.8 Å². The molecule has 2 unspecified atom stereocenters. The van der Waals surface area contributed by atoms with Gasteiger partial charge in [-0.3, -0.25) is 0 Å². The highest BCUT2D eigenvalue weighted by molar-refractivity contribution is 7.17. The summed E-state index contributed by atoms with van der Waals surface area (Å²) in [6.07, 6.45) is 9.61. The molecule has 12 aromatic rings. The molecule has 41 heteroatoms. The van der Waals surface area contributed by atoms with E-state index in [0.717, 1.165) is 61.8 Å². The van der Waals surface area contributed by atoms with Crippen LogP contribution in [0, 0.1) is 19.7 Å². The minimum atomic E-state index is -3.06. The summed E-state index contributed by atoms with van der Waals surface area (Å²) in [5.41, 5.74) is 4.52. The van der Waals surface area contributed by atoms with Gasteiger partial charge in [0.1, 0.15) is 79.1 Å². The van der Waals surface area contributed by atoms with Gasteiger partial charge in [-0.25, -0.2) is 23.1 Å². The summed E-state index contributed by atoms with van der Waals surface area (Å²) in [7, 11) is 0. The van der Waals surface area contributed by atoms with E-state index in [-0.39, 0.29) is 115 Å². The maximum atomic E-state index is 14.5. The van der Waals surface area contributed by atoms with Crippen LogP contribution in [0.1, 0.15) is 202 Å². The number of nitrogens with zero attached hydrogens (tertiary/aromatic N) is 12. The Morgan fingerprint density at radius 3 is 1.40 bits per heavy atom. The molecule has 0 aliphatic carbocycles. The van der Waals surface area contributed by atoms with Crippen molar-refractivity contribution in [2.45, 2.75) is 226 Å². The number of para-hydroxylation sites is 1. The number of ether oxygens (including phenoxy) is 6. The number of aromatic hydroxyl groups is 1. The number of aliphatic hydroxyl groups is 3. The molecule has 0 radical (unpaired) electrons. The van der Waals surface area contributed by atoms with E-state index in [1.807, 2.05) is 114 Å². The van der Waals surface area contributed by atoms with Gasteiger partial charge in [0.15, 0.2) is 11.6 Å². The molecule has 0 bridgehead atoms. The second-order valence-electron chi connectivity index (χ2n) is 35.2. The lowest BCUT2D eigenvalue weighted by Gasteiger charge is -2.47. The van der Waals surface area contributed by atoms with Crippen LogP contribution in [-0.4, -0.2) is 150 Å². The van der Waals surface area contributed by atoms with Gasteiger partial charge in [-0.2, -0.15) is 26.3 Å². The summed E-state index contributed by atoms with van der Waals surface area (Å²) >= 11 is 29.7. The zero-order valence-corrected chi connectivity index (χ0v) is 78.1. The molecular weight excluding hydrogens is 1870 g/mol. The number of benzene rings is 4. The average molecular weight is 1970 g/mol. The monoisotopic (exact) mass is 1960 g/mol. The largest absolute Gasteiger partial charge is 0.508 e. The number of piperidine rings is 4. The predicted octanol–water partition coefficient (Wildman–Crippen LogP) is 18.0. The summed E-state index contributed by atoms with van der Waals surface area (Å²) in [4.78, 5) is 2.52. The molecule has 4 saturated heterocycles. The van der Waals surface area contributed by atoms with Crippen LogP contribution in [0.15, 0.2) is 146 Å². The number of halogens is 11. The SMILES string of the molecule is C[C@H]1C[C@@]2(C[C@@H](c3cn(CCOc4ccccc4F)nn3)N1)OC[C@@H](O)c1cc(Cl)sc12.C[C@H]1C[C@@]2(C[C@@H](c3cn(Cc4ccc(O)cc4)nn3)N1)OCC(F)(F)c1cc(Cl)sc12.Cc1cccc(OCC(O)Cn2cc([C@@H]3C[C@]4(C[C@H](C)N3)OCC(F)(F)c3cc(Cl)sc34)nn2)c1.Cc1ccccc1C(O)Cn1cc([C@@H]2C[C@]3(C[C@H](C)N2)OCC(F)(F)c2cc(Cl)sc23)nn1. The molecule has 4 spiro atoms. The normalized spacial score (nSPS) is 27.2. The third-order valence-corrected chi connectivity index (χ3v) is 30.7. The van der Waals surface area contributed by atoms with Crippen LogP contribution >= 0.6 is 91.8 Å². The summed E-state index contributed by atoms with van der Waals surface area (Å²) < 4.78 is 144. The number of rotatable bonds is 18. The van der Waals surface area contributed by atoms with Crippen molar-refractivity contribution in [1.29, 1.82) is 0 Å². The summed E-state index contributed by atoms with van der Waals surface area (Å²) in [5, 5.41) is 89.1. The van der Waals surface area contributed by atoms with Gasteiger partial charge in [-0.05, 0) is 150 Å². The van der Waals surface area contributed by atoms with Crippen LogP contribution in [0.4, 0.5) is 30.7 Å². The minimum absolute atomic E-state index is 0.00639. The smallest absolute Gasteiger partial charge is 0.297 e. The molecule has 131 heavy (non-hydrogen) atoms. The molecule has 16 heterocycles. The van der Waals surface area contributed by atoms with E-state index >= 15 is 0 Å². The molecular formula is C90H97Cl4F7N16O10S4. The second-order valence-corrected chi connectivity index (χ2v) is 41.9. The Kier molecular flexibility index (Phi) is 27.9. The second kappa shape index (κ2) is 38.6. The molecule has 8 N–H and O–H groups in total. The quantitative estimate of drug-likeness (QED) is 0.0370. The number of hydrogen-bond acceptors (Lipinski definition) is 26. The van der Waals surface area contributed by atoms with Crippen molar-refractivity contribution in [3.05, 3.63) is 256 Å². The maximum absolute atomic E-state index is 14.5. The number of phenols is 1. The molecule has 4 fully saturated rings. The molecule has 698 valence electrons. The number of nitrogens with one attached hydrogen (secondary N) is 4. The van der Waals surface area contributed by atoms with E-state index in [1.54, 1.807) is 61.5 Å². The van der Waals surface area contributed by atoms with E-state index < -0.39 is 78.3 Å². The van der Waals surface area contributed by atoms with Crippen LogP contribution in [0.3, 0.4) is 0 Å². The molecule has 0 saturated carbocycles. The summed E-state index contributed by atoms with van der Waals surface area (Å²) in [6, 6.07) is 33.9. The first-order valence-corrected chi connectivity index (χ1v) is 47.7. The topological polar surface area (TPSA) is 307 Å². The zero-order valence-electron chi connectivity index (χ0n) is 71.8. The van der Waals surface area contributed by atoms with E-state index in [0.29, 0.717) is 107 Å². The van der Waals surface area contributed by atoms with Crippen LogP contribution in [0.5, 0.6) is 17.2 Å². The summed E-state index contributed by atoms with van der Waals surface area (Å²) in [5.74, 6) is -8.42. The van der Waals surface area contributed by atoms with Crippen LogP contribution in [0.25, 0.3) is 0 Å². The lowest BCUT2D eigenvalue weighted by atomic mass is 9.78. The number of hydrogen-bond donors (Lipinski definition) is 8. The van der Waals surface area contributed by atoms with Gasteiger partial charge in [0.2, 0.25) is 0 Å². The van der Waals surface area contributed by atoms with Gasteiger partial charge < -0.3 is 70.1 Å². The first-order chi connectivity index (χ1) is 62.5. The maximum Gasteiger partial charge on any atom is 0.297 e. The zero-order chi connectivity index (χ0) is 92.3. The lowest BCUT2D eigenvalue weighted by Crippen LogP contribution is -2.51. The number of thiophene rings is 4. The number of aliphatic hydroxyl groups excluding tert-OH is 3. The molecule has 4 aromatic carbocycles. The van der Waals surface area contributed by atoms with Crippen molar-refractivity contribution in [3.63, 3.8) is 0 Å². The number of aromatic nitrogens is 12. The fourth-order valence-corrected chi connectivity index (χ4v) is 24.9. The first-order valence-electron chi connectivity index (χ1n) is 43.0. The highest BCUT2D eigenvalue weighted by Gasteiger charge is 2.58. The Morgan fingerprint density at radius 1 is 0.489 bits per heavy atom. The third-order valence-electron chi connectivity index (χ3n) is 24.8. The van der Waals surface area contributed by atoms with Crippen molar-refractivity contribution in [3.8, 4) is 17.2 Å².